The molecule has 0 spiro atoms. The van der Waals surface area contributed by atoms with Crippen LogP contribution in [0.25, 0.3) is 0 Å². The van der Waals surface area contributed by atoms with Gasteiger partial charge in [0.25, 0.3) is 0 Å². The van der Waals surface area contributed by atoms with Crippen LogP contribution in [0.2, 0.25) is 0 Å². The first-order chi connectivity index (χ1) is 4.60. The largest absolute Gasteiger partial charge is 0.384 e. The molecule has 0 aromatic rings. The van der Waals surface area contributed by atoms with Gasteiger partial charge in [0.05, 0.1) is 0 Å². The maximum Gasteiger partial charge on any atom is 0.101 e. The van der Waals surface area contributed by atoms with E-state index in [2.05, 4.69) is 4.99 Å². The van der Waals surface area contributed by atoms with Gasteiger partial charge in [-0.25, -0.2) is 0 Å². The molecular formula is C8H17LuNO. The third-order valence-corrected chi connectivity index (χ3v) is 2.18. The first-order valence-corrected chi connectivity index (χ1v) is 3.77. The van der Waals surface area contributed by atoms with E-state index >= 15 is 0 Å². The summed E-state index contributed by atoms with van der Waals surface area (Å²) in [6.45, 7) is 5.81. The zero-order valence-corrected chi connectivity index (χ0v) is 9.22. The van der Waals surface area contributed by atoms with Crippen molar-refractivity contribution in [2.45, 2.75) is 39.2 Å². The minimum absolute atomic E-state index is 0. The van der Waals surface area contributed by atoms with Crippen molar-refractivity contribution in [1.82, 2.24) is 0 Å². The van der Waals surface area contributed by atoms with Gasteiger partial charge < -0.3 is 5.11 Å². The number of rotatable bonds is 3. The standard InChI is InChI=1S/C8H17NO.Lu/c1-5-8(10,6-2)7(3)9-4;/h10H,5-6H2,1-4H3;. The average Bonchev–Trinajstić information content (AvgIpc) is 2.01. The van der Waals surface area contributed by atoms with Crippen LogP contribution >= 0.6 is 0 Å². The Hall–Kier alpha value is 0.864. The van der Waals surface area contributed by atoms with Crippen LogP contribution in [0.5, 0.6) is 0 Å². The molecule has 0 aromatic carbocycles. The molecule has 0 heterocycles. The fourth-order valence-corrected chi connectivity index (χ4v) is 0.970. The summed E-state index contributed by atoms with van der Waals surface area (Å²) in [6, 6.07) is 0. The third kappa shape index (κ3) is 3.86. The fourth-order valence-electron chi connectivity index (χ4n) is 0.970. The molecule has 1 N–H and O–H groups in total. The third-order valence-electron chi connectivity index (χ3n) is 2.18. The van der Waals surface area contributed by atoms with Crippen molar-refractivity contribution in [3.8, 4) is 0 Å². The molecule has 0 aromatic heterocycles. The molecule has 0 aliphatic carbocycles. The van der Waals surface area contributed by atoms with E-state index < -0.39 is 5.60 Å². The zero-order chi connectivity index (χ0) is 8.20. The van der Waals surface area contributed by atoms with Crippen molar-refractivity contribution in [1.29, 1.82) is 0 Å². The Morgan fingerprint density at radius 3 is 1.82 bits per heavy atom. The second kappa shape index (κ2) is 6.39. The SMILES string of the molecule is CCC(O)(CC)C(C)=NC.[Lu]. The van der Waals surface area contributed by atoms with Crippen LogP contribution in [0.1, 0.15) is 33.6 Å². The van der Waals surface area contributed by atoms with Gasteiger partial charge in [0.1, 0.15) is 5.60 Å². The minimum Gasteiger partial charge on any atom is -0.384 e. The van der Waals surface area contributed by atoms with Gasteiger partial charge in [-0.3, -0.25) is 4.99 Å². The summed E-state index contributed by atoms with van der Waals surface area (Å²) >= 11 is 0. The number of aliphatic hydroxyl groups is 1. The molecule has 0 unspecified atom stereocenters. The molecule has 1 radical (unpaired) electrons. The van der Waals surface area contributed by atoms with Crippen LogP contribution in [0.3, 0.4) is 0 Å². The molecule has 75 valence electrons. The predicted octanol–water partition coefficient (Wildman–Crippen LogP) is 1.63. The molecule has 0 bridgehead atoms. The quantitative estimate of drug-likeness (QED) is 0.788. The topological polar surface area (TPSA) is 32.6 Å². The summed E-state index contributed by atoms with van der Waals surface area (Å²) in [4.78, 5) is 3.97. The molecular weight excluding hydrogens is 301 g/mol. The van der Waals surface area contributed by atoms with Gasteiger partial charge in [0.15, 0.2) is 0 Å². The zero-order valence-electron chi connectivity index (χ0n) is 7.57. The van der Waals surface area contributed by atoms with Crippen molar-refractivity contribution in [2.75, 3.05) is 7.05 Å². The monoisotopic (exact) mass is 318 g/mol. The Balaban J connectivity index is 0. The second-order valence-electron chi connectivity index (χ2n) is 2.55. The van der Waals surface area contributed by atoms with Crippen molar-refractivity contribution < 1.29 is 42.0 Å². The normalized spacial score (nSPS) is 12.6. The summed E-state index contributed by atoms with van der Waals surface area (Å²) in [5, 5.41) is 9.77. The maximum atomic E-state index is 9.77. The summed E-state index contributed by atoms with van der Waals surface area (Å²) < 4.78 is 0. The maximum absolute atomic E-state index is 9.77. The Morgan fingerprint density at radius 2 is 1.73 bits per heavy atom. The van der Waals surface area contributed by atoms with E-state index in [0.717, 1.165) is 18.6 Å². The molecule has 3 heteroatoms. The van der Waals surface area contributed by atoms with Crippen LogP contribution in [-0.2, 0) is 0 Å². The fraction of sp³-hybridized carbons (Fsp3) is 0.875. The van der Waals surface area contributed by atoms with E-state index in [9.17, 15) is 5.11 Å². The van der Waals surface area contributed by atoms with E-state index in [0.29, 0.717) is 0 Å². The van der Waals surface area contributed by atoms with E-state index in [1.807, 2.05) is 20.8 Å². The molecule has 0 amide bonds. The molecule has 0 atom stereocenters. The van der Waals surface area contributed by atoms with Crippen molar-refractivity contribution in [3.63, 3.8) is 0 Å². The van der Waals surface area contributed by atoms with Gasteiger partial charge in [-0.05, 0) is 19.8 Å². The summed E-state index contributed by atoms with van der Waals surface area (Å²) in [6.07, 6.45) is 1.49. The van der Waals surface area contributed by atoms with E-state index in [1.165, 1.54) is 0 Å². The molecule has 0 saturated heterocycles. The molecule has 0 fully saturated rings. The van der Waals surface area contributed by atoms with Gasteiger partial charge >= 0.3 is 0 Å². The number of hydrogen-bond donors (Lipinski definition) is 1. The minimum atomic E-state index is -0.658. The van der Waals surface area contributed by atoms with Gasteiger partial charge in [-0.2, -0.15) is 0 Å². The van der Waals surface area contributed by atoms with Crippen LogP contribution in [0.15, 0.2) is 4.99 Å². The van der Waals surface area contributed by atoms with Crippen molar-refractivity contribution >= 4 is 5.71 Å². The Kier molecular flexibility index (Phi) is 8.36. The average molecular weight is 318 g/mol. The van der Waals surface area contributed by atoms with Gasteiger partial charge in [0.2, 0.25) is 0 Å². The van der Waals surface area contributed by atoms with Gasteiger partial charge in [-0.15, -0.1) is 0 Å². The molecule has 0 saturated carbocycles. The molecule has 11 heavy (non-hydrogen) atoms. The Bertz CT molecular complexity index is 130. The predicted molar refractivity (Wildman–Crippen MR) is 44.6 cm³/mol. The van der Waals surface area contributed by atoms with Crippen molar-refractivity contribution in [2.24, 2.45) is 4.99 Å². The van der Waals surface area contributed by atoms with Gasteiger partial charge in [-0.1, -0.05) is 13.8 Å². The van der Waals surface area contributed by atoms with E-state index in [4.69, 9.17) is 0 Å². The van der Waals surface area contributed by atoms with Gasteiger partial charge in [0, 0.05) is 49.6 Å². The first kappa shape index (κ1) is 14.4. The summed E-state index contributed by atoms with van der Waals surface area (Å²) in [5.74, 6) is 0. The summed E-state index contributed by atoms with van der Waals surface area (Å²) in [5.41, 5.74) is 0.173. The van der Waals surface area contributed by atoms with Crippen molar-refractivity contribution in [3.05, 3.63) is 0 Å². The molecule has 0 aliphatic rings. The first-order valence-electron chi connectivity index (χ1n) is 3.77. The smallest absolute Gasteiger partial charge is 0.101 e. The number of nitrogens with zero attached hydrogens (tertiary/aromatic N) is 1. The van der Waals surface area contributed by atoms with Crippen LogP contribution < -0.4 is 0 Å². The van der Waals surface area contributed by atoms with E-state index in [1.54, 1.807) is 7.05 Å². The van der Waals surface area contributed by atoms with Crippen LogP contribution in [-0.4, -0.2) is 23.5 Å². The second-order valence-corrected chi connectivity index (χ2v) is 2.55. The molecule has 0 aliphatic heterocycles. The Labute approximate surface area is 98.3 Å². The molecule has 0 rings (SSSR count). The van der Waals surface area contributed by atoms with Crippen LogP contribution in [0, 0.1) is 36.9 Å². The molecule has 2 nitrogen and oxygen atoms in total. The van der Waals surface area contributed by atoms with E-state index in [-0.39, 0.29) is 36.9 Å². The van der Waals surface area contributed by atoms with Crippen LogP contribution in [0.4, 0.5) is 0 Å². The number of aliphatic imine (C=N–C) groups is 1. The summed E-state index contributed by atoms with van der Waals surface area (Å²) in [7, 11) is 1.71. The Morgan fingerprint density at radius 1 is 1.36 bits per heavy atom. The number of hydrogen-bond acceptors (Lipinski definition) is 2.